The number of carbonyl (C=O) groups is 1. The summed E-state index contributed by atoms with van der Waals surface area (Å²) in [5, 5.41) is 3.05. The molecule has 98 valence electrons. The summed E-state index contributed by atoms with van der Waals surface area (Å²) in [5.74, 6) is -1.98. The van der Waals surface area contributed by atoms with E-state index in [2.05, 4.69) is 21.2 Å². The van der Waals surface area contributed by atoms with E-state index in [9.17, 15) is 18.0 Å². The number of halogens is 6. The van der Waals surface area contributed by atoms with Crippen LogP contribution in [0.1, 0.15) is 0 Å². The Morgan fingerprint density at radius 1 is 1.28 bits per heavy atom. The lowest BCUT2D eigenvalue weighted by Gasteiger charge is -2.06. The number of anilines is 1. The Morgan fingerprint density at radius 2 is 1.89 bits per heavy atom. The number of ketones is 1. The topological polar surface area (TPSA) is 29.1 Å². The average Bonchev–Trinajstić information content (AvgIpc) is 2.28. The molecule has 1 N–H and O–H groups in total. The van der Waals surface area contributed by atoms with Crippen molar-refractivity contribution < 1.29 is 18.0 Å². The SMILES string of the molecule is O=C(C(Br)=CNc1ccc(Cl)c(Cl)c1)C(F)(F)F. The second kappa shape index (κ2) is 5.95. The molecule has 0 heterocycles. The molecular weight excluding hydrogens is 358 g/mol. The molecule has 0 aromatic heterocycles. The van der Waals surface area contributed by atoms with Gasteiger partial charge in [0.2, 0.25) is 0 Å². The maximum absolute atomic E-state index is 12.1. The molecule has 0 spiro atoms. The van der Waals surface area contributed by atoms with E-state index in [0.29, 0.717) is 10.7 Å². The molecule has 8 heteroatoms. The Labute approximate surface area is 119 Å². The minimum atomic E-state index is -4.92. The van der Waals surface area contributed by atoms with Gasteiger partial charge in [-0.1, -0.05) is 23.2 Å². The fourth-order valence-corrected chi connectivity index (χ4v) is 1.57. The van der Waals surface area contributed by atoms with E-state index < -0.39 is 16.4 Å². The van der Waals surface area contributed by atoms with Crippen molar-refractivity contribution >= 4 is 50.6 Å². The molecule has 0 saturated carbocycles. The molecule has 18 heavy (non-hydrogen) atoms. The van der Waals surface area contributed by atoms with Crippen molar-refractivity contribution in [2.75, 3.05) is 5.32 Å². The van der Waals surface area contributed by atoms with Crippen LogP contribution in [-0.4, -0.2) is 12.0 Å². The van der Waals surface area contributed by atoms with Crippen molar-refractivity contribution in [3.63, 3.8) is 0 Å². The highest BCUT2D eigenvalue weighted by atomic mass is 79.9. The van der Waals surface area contributed by atoms with E-state index in [0.717, 1.165) is 6.20 Å². The summed E-state index contributed by atoms with van der Waals surface area (Å²) in [5.41, 5.74) is 0.399. The number of carbonyl (C=O) groups excluding carboxylic acids is 1. The quantitative estimate of drug-likeness (QED) is 0.784. The van der Waals surface area contributed by atoms with Crippen LogP contribution in [0.3, 0.4) is 0 Å². The first kappa shape index (κ1) is 15.3. The highest BCUT2D eigenvalue weighted by Crippen LogP contribution is 2.26. The molecule has 1 rings (SSSR count). The lowest BCUT2D eigenvalue weighted by Crippen LogP contribution is -2.22. The van der Waals surface area contributed by atoms with Crippen molar-refractivity contribution in [1.29, 1.82) is 0 Å². The Bertz CT molecular complexity index is 502. The zero-order chi connectivity index (χ0) is 13.9. The van der Waals surface area contributed by atoms with Crippen LogP contribution in [0.15, 0.2) is 28.9 Å². The van der Waals surface area contributed by atoms with E-state index in [1.165, 1.54) is 18.2 Å². The van der Waals surface area contributed by atoms with Crippen LogP contribution in [0.25, 0.3) is 0 Å². The van der Waals surface area contributed by atoms with Crippen LogP contribution in [0.4, 0.5) is 18.9 Å². The Kier molecular flexibility index (Phi) is 5.07. The van der Waals surface area contributed by atoms with Crippen molar-refractivity contribution in [2.45, 2.75) is 6.18 Å². The van der Waals surface area contributed by atoms with Gasteiger partial charge in [0.05, 0.1) is 14.5 Å². The van der Waals surface area contributed by atoms with Gasteiger partial charge in [0.1, 0.15) is 0 Å². The van der Waals surface area contributed by atoms with E-state index in [1.54, 1.807) is 0 Å². The van der Waals surface area contributed by atoms with Gasteiger partial charge in [-0.15, -0.1) is 0 Å². The smallest absolute Gasteiger partial charge is 0.360 e. The van der Waals surface area contributed by atoms with E-state index in [-0.39, 0.29) is 5.02 Å². The molecule has 0 fully saturated rings. The normalized spacial score (nSPS) is 12.4. The number of hydrogen-bond donors (Lipinski definition) is 1. The molecule has 2 nitrogen and oxygen atoms in total. The van der Waals surface area contributed by atoms with Gasteiger partial charge in [0.25, 0.3) is 5.78 Å². The van der Waals surface area contributed by atoms with Gasteiger partial charge in [0.15, 0.2) is 0 Å². The van der Waals surface area contributed by atoms with Crippen molar-refractivity contribution in [2.24, 2.45) is 0 Å². The van der Waals surface area contributed by atoms with Crippen molar-refractivity contribution in [3.05, 3.63) is 38.9 Å². The number of Topliss-reactive ketones (excluding diaryl/α,β-unsaturated/α-hetero) is 1. The van der Waals surface area contributed by atoms with Gasteiger partial charge in [-0.05, 0) is 34.1 Å². The lowest BCUT2D eigenvalue weighted by molar-refractivity contribution is -0.165. The van der Waals surface area contributed by atoms with Crippen LogP contribution in [0.2, 0.25) is 10.0 Å². The van der Waals surface area contributed by atoms with Gasteiger partial charge in [-0.25, -0.2) is 0 Å². The Morgan fingerprint density at radius 3 is 2.39 bits per heavy atom. The number of hydrogen-bond acceptors (Lipinski definition) is 2. The molecule has 0 radical (unpaired) electrons. The lowest BCUT2D eigenvalue weighted by atomic mass is 10.3. The summed E-state index contributed by atoms with van der Waals surface area (Å²) in [6.45, 7) is 0. The Balaban J connectivity index is 2.80. The molecule has 0 aliphatic carbocycles. The zero-order valence-corrected chi connectivity index (χ0v) is 11.6. The van der Waals surface area contributed by atoms with Gasteiger partial charge in [-0.2, -0.15) is 13.2 Å². The molecule has 0 aliphatic rings. The zero-order valence-electron chi connectivity index (χ0n) is 8.49. The fourth-order valence-electron chi connectivity index (χ4n) is 0.934. The number of allylic oxidation sites excluding steroid dienone is 1. The molecule has 0 bridgehead atoms. The molecular formula is C10H5BrCl2F3NO. The third-order valence-electron chi connectivity index (χ3n) is 1.76. The summed E-state index contributed by atoms with van der Waals surface area (Å²) >= 11 is 13.9. The second-order valence-corrected chi connectivity index (χ2v) is 4.76. The van der Waals surface area contributed by atoms with Crippen molar-refractivity contribution in [3.8, 4) is 0 Å². The molecule has 1 aromatic rings. The summed E-state index contributed by atoms with van der Waals surface area (Å²) in [6.07, 6.45) is -4.04. The average molecular weight is 363 g/mol. The molecule has 0 unspecified atom stereocenters. The first-order chi connectivity index (χ1) is 8.21. The van der Waals surface area contributed by atoms with E-state index in [4.69, 9.17) is 23.2 Å². The number of nitrogens with one attached hydrogen (secondary N) is 1. The third-order valence-corrected chi connectivity index (χ3v) is 3.09. The second-order valence-electron chi connectivity index (χ2n) is 3.09. The summed E-state index contributed by atoms with van der Waals surface area (Å²) in [7, 11) is 0. The summed E-state index contributed by atoms with van der Waals surface area (Å²) in [4.78, 5) is 10.8. The van der Waals surface area contributed by atoms with Gasteiger partial charge in [-0.3, -0.25) is 4.79 Å². The molecule has 0 amide bonds. The van der Waals surface area contributed by atoms with Gasteiger partial charge in [0, 0.05) is 11.9 Å². The predicted molar refractivity (Wildman–Crippen MR) is 68.2 cm³/mol. The van der Waals surface area contributed by atoms with Crippen LogP contribution >= 0.6 is 39.1 Å². The predicted octanol–water partition coefficient (Wildman–Crippen LogP) is 4.77. The first-order valence-corrected chi connectivity index (χ1v) is 5.95. The highest BCUT2D eigenvalue weighted by Gasteiger charge is 2.39. The van der Waals surface area contributed by atoms with E-state index in [1.807, 2.05) is 0 Å². The maximum atomic E-state index is 12.1. The molecule has 1 aromatic carbocycles. The van der Waals surface area contributed by atoms with Crippen LogP contribution in [0.5, 0.6) is 0 Å². The highest BCUT2D eigenvalue weighted by molar-refractivity contribution is 9.12. The van der Waals surface area contributed by atoms with Crippen LogP contribution in [-0.2, 0) is 4.79 Å². The summed E-state index contributed by atoms with van der Waals surface area (Å²) < 4.78 is 35.5. The maximum Gasteiger partial charge on any atom is 0.455 e. The van der Waals surface area contributed by atoms with Crippen molar-refractivity contribution in [1.82, 2.24) is 0 Å². The standard InChI is InChI=1S/C10H5BrCl2F3NO/c11-6(9(18)10(14,15)16)4-17-5-1-2-7(12)8(13)3-5/h1-4,17H. The van der Waals surface area contributed by atoms with Gasteiger partial charge >= 0.3 is 6.18 Å². The fraction of sp³-hybridized carbons (Fsp3) is 0.100. The number of alkyl halides is 3. The van der Waals surface area contributed by atoms with Crippen LogP contribution < -0.4 is 5.32 Å². The monoisotopic (exact) mass is 361 g/mol. The van der Waals surface area contributed by atoms with E-state index >= 15 is 0 Å². The van der Waals surface area contributed by atoms with Gasteiger partial charge < -0.3 is 5.32 Å². The van der Waals surface area contributed by atoms with Crippen LogP contribution in [0, 0.1) is 0 Å². The minimum absolute atomic E-state index is 0.244. The molecule has 0 atom stereocenters. The Hall–Kier alpha value is -0.720. The largest absolute Gasteiger partial charge is 0.455 e. The first-order valence-electron chi connectivity index (χ1n) is 4.40. The molecule has 0 saturated heterocycles. The number of benzene rings is 1. The summed E-state index contributed by atoms with van der Waals surface area (Å²) in [6, 6.07) is 4.39. The molecule has 0 aliphatic heterocycles. The number of rotatable bonds is 3. The third kappa shape index (κ3) is 4.19. The minimum Gasteiger partial charge on any atom is -0.360 e.